The van der Waals surface area contributed by atoms with Gasteiger partial charge in [-0.2, -0.15) is 0 Å². The highest BCUT2D eigenvalue weighted by molar-refractivity contribution is 6.30. The van der Waals surface area contributed by atoms with E-state index >= 15 is 0 Å². The third-order valence-corrected chi connectivity index (χ3v) is 7.54. The molecule has 1 aliphatic carbocycles. The molecule has 2 N–H and O–H groups in total. The van der Waals surface area contributed by atoms with Crippen LogP contribution in [0.1, 0.15) is 62.6 Å². The largest absolute Gasteiger partial charge is 0.481 e. The highest BCUT2D eigenvalue weighted by atomic mass is 35.5. The summed E-state index contributed by atoms with van der Waals surface area (Å²) in [4.78, 5) is 27.7. The number of aliphatic hydroxyl groups is 1. The van der Waals surface area contributed by atoms with E-state index in [2.05, 4.69) is 0 Å². The Morgan fingerprint density at radius 3 is 2.33 bits per heavy atom. The Morgan fingerprint density at radius 2 is 1.79 bits per heavy atom. The number of benzene rings is 2. The molecule has 1 saturated carbocycles. The molecule has 33 heavy (non-hydrogen) atoms. The number of halogens is 2. The van der Waals surface area contributed by atoms with E-state index in [-0.39, 0.29) is 30.2 Å². The van der Waals surface area contributed by atoms with Crippen LogP contribution >= 0.6 is 23.2 Å². The molecule has 7 heteroatoms. The lowest BCUT2D eigenvalue weighted by molar-refractivity contribution is -0.164. The summed E-state index contributed by atoms with van der Waals surface area (Å²) >= 11 is 12.5. The van der Waals surface area contributed by atoms with Gasteiger partial charge in [-0.3, -0.25) is 9.59 Å². The fourth-order valence-corrected chi connectivity index (χ4v) is 5.82. The third kappa shape index (κ3) is 4.91. The molecule has 2 fully saturated rings. The van der Waals surface area contributed by atoms with Crippen molar-refractivity contribution in [2.24, 2.45) is 11.3 Å². The summed E-state index contributed by atoms with van der Waals surface area (Å²) in [7, 11) is 0. The summed E-state index contributed by atoms with van der Waals surface area (Å²) in [5.74, 6) is -1.25. The first kappa shape index (κ1) is 24.1. The van der Waals surface area contributed by atoms with Crippen LogP contribution in [-0.4, -0.2) is 39.1 Å². The van der Waals surface area contributed by atoms with Gasteiger partial charge >= 0.3 is 5.97 Å². The molecule has 176 valence electrons. The van der Waals surface area contributed by atoms with Crippen LogP contribution in [0.4, 0.5) is 0 Å². The van der Waals surface area contributed by atoms with Gasteiger partial charge in [-0.1, -0.05) is 54.4 Å². The molecule has 0 aromatic heterocycles. The fraction of sp³-hybridized carbons (Fsp3) is 0.462. The number of likely N-dealkylation sites (tertiary alicyclic amines) is 1. The van der Waals surface area contributed by atoms with Crippen molar-refractivity contribution in [3.8, 4) is 0 Å². The molecule has 0 bridgehead atoms. The van der Waals surface area contributed by atoms with Crippen molar-refractivity contribution in [3.05, 3.63) is 69.7 Å². The maximum Gasteiger partial charge on any atom is 0.304 e. The molecule has 5 nitrogen and oxygen atoms in total. The fourth-order valence-electron chi connectivity index (χ4n) is 5.50. The normalized spacial score (nSPS) is 27.3. The van der Waals surface area contributed by atoms with E-state index in [1.165, 1.54) is 0 Å². The van der Waals surface area contributed by atoms with Gasteiger partial charge < -0.3 is 15.1 Å². The first-order valence-electron chi connectivity index (χ1n) is 11.3. The number of aliphatic carboxylic acids is 1. The second kappa shape index (κ2) is 9.28. The van der Waals surface area contributed by atoms with Crippen LogP contribution in [0.2, 0.25) is 10.0 Å². The molecule has 2 aromatic carbocycles. The lowest BCUT2D eigenvalue weighted by atomic mass is 9.66. The van der Waals surface area contributed by atoms with Crippen molar-refractivity contribution in [3.63, 3.8) is 0 Å². The van der Waals surface area contributed by atoms with Gasteiger partial charge in [0.1, 0.15) is 0 Å². The zero-order valence-corrected chi connectivity index (χ0v) is 20.3. The number of hydrogen-bond acceptors (Lipinski definition) is 3. The number of nitrogens with zero attached hydrogens (tertiary/aromatic N) is 1. The molecule has 1 saturated heterocycles. The van der Waals surface area contributed by atoms with Crippen molar-refractivity contribution in [2.75, 3.05) is 0 Å². The predicted molar refractivity (Wildman–Crippen MR) is 128 cm³/mol. The maximum atomic E-state index is 14.1. The Bertz CT molecular complexity index is 1030. The van der Waals surface area contributed by atoms with E-state index in [0.717, 1.165) is 24.0 Å². The molecule has 5 atom stereocenters. The van der Waals surface area contributed by atoms with E-state index in [1.54, 1.807) is 36.9 Å². The van der Waals surface area contributed by atoms with E-state index < -0.39 is 23.5 Å². The van der Waals surface area contributed by atoms with Crippen molar-refractivity contribution >= 4 is 35.1 Å². The Morgan fingerprint density at radius 1 is 1.12 bits per heavy atom. The standard InChI is InChI=1S/C26H29Cl2NO4/c1-15(30)23(16-6-7-16)29-24(17-8-10-19(27)11-9-17)21(18-4-3-5-20(28)12-18)13-26(2,25(29)33)14-22(31)32/h3-5,8-12,15-16,21,23-24,30H,6-7,13-14H2,1-2H3,(H,31,32)/t15-,21-,23?,24-,26-/m1/s1. The SMILES string of the molecule is C[C@@H](O)C(C1CC1)N1C(=O)[C@@](C)(CC(=O)O)C[C@H](c2cccc(Cl)c2)[C@H]1c1ccc(Cl)cc1. The molecule has 1 heterocycles. The van der Waals surface area contributed by atoms with E-state index in [1.807, 2.05) is 30.3 Å². The topological polar surface area (TPSA) is 77.8 Å². The molecule has 4 rings (SSSR count). The van der Waals surface area contributed by atoms with E-state index in [9.17, 15) is 19.8 Å². The molecule has 0 spiro atoms. The quantitative estimate of drug-likeness (QED) is 0.523. The minimum absolute atomic E-state index is 0.191. The Labute approximate surface area is 204 Å². The van der Waals surface area contributed by atoms with E-state index in [0.29, 0.717) is 16.5 Å². The van der Waals surface area contributed by atoms with Crippen LogP contribution in [0.15, 0.2) is 48.5 Å². The van der Waals surface area contributed by atoms with Crippen molar-refractivity contribution < 1.29 is 19.8 Å². The molecular formula is C26H29Cl2NO4. The minimum atomic E-state index is -1.11. The average molecular weight is 490 g/mol. The van der Waals surface area contributed by atoms with Crippen LogP contribution in [-0.2, 0) is 9.59 Å². The zero-order chi connectivity index (χ0) is 23.9. The van der Waals surface area contributed by atoms with E-state index in [4.69, 9.17) is 23.2 Å². The van der Waals surface area contributed by atoms with Gasteiger partial charge in [0.25, 0.3) is 0 Å². The number of carboxylic acids is 1. The van der Waals surface area contributed by atoms with Crippen molar-refractivity contribution in [1.82, 2.24) is 4.90 Å². The predicted octanol–water partition coefficient (Wildman–Crippen LogP) is 5.69. The first-order chi connectivity index (χ1) is 15.6. The second-order valence-corrected chi connectivity index (χ2v) is 10.6. The van der Waals surface area contributed by atoms with Gasteiger partial charge in [-0.05, 0) is 67.5 Å². The van der Waals surface area contributed by atoms with Crippen LogP contribution in [0.25, 0.3) is 0 Å². The molecule has 1 amide bonds. The molecule has 0 radical (unpaired) electrons. The minimum Gasteiger partial charge on any atom is -0.481 e. The molecule has 1 aliphatic heterocycles. The van der Waals surface area contributed by atoms with Gasteiger partial charge in [0, 0.05) is 16.0 Å². The van der Waals surface area contributed by atoms with Crippen LogP contribution in [0, 0.1) is 11.3 Å². The lowest BCUT2D eigenvalue weighted by Crippen LogP contribution is -2.59. The highest BCUT2D eigenvalue weighted by Gasteiger charge is 2.55. The summed E-state index contributed by atoms with van der Waals surface area (Å²) in [5, 5.41) is 21.6. The number of carbonyl (C=O) groups is 2. The van der Waals surface area contributed by atoms with Gasteiger partial charge in [0.05, 0.1) is 30.0 Å². The van der Waals surface area contributed by atoms with Crippen LogP contribution in [0.5, 0.6) is 0 Å². The first-order valence-corrected chi connectivity index (χ1v) is 12.1. The van der Waals surface area contributed by atoms with Crippen molar-refractivity contribution in [2.45, 2.75) is 63.6 Å². The molecule has 2 aromatic rings. The third-order valence-electron chi connectivity index (χ3n) is 7.05. The summed E-state index contributed by atoms with van der Waals surface area (Å²) < 4.78 is 0. The number of rotatable bonds is 7. The van der Waals surface area contributed by atoms with Crippen LogP contribution < -0.4 is 0 Å². The molecule has 1 unspecified atom stereocenters. The van der Waals surface area contributed by atoms with Crippen LogP contribution in [0.3, 0.4) is 0 Å². The molecule has 2 aliphatic rings. The van der Waals surface area contributed by atoms with Gasteiger partial charge in [-0.15, -0.1) is 0 Å². The summed E-state index contributed by atoms with van der Waals surface area (Å²) in [6.45, 7) is 3.45. The summed E-state index contributed by atoms with van der Waals surface area (Å²) in [6, 6.07) is 14.2. The maximum absolute atomic E-state index is 14.1. The number of piperidine rings is 1. The number of aliphatic hydroxyl groups excluding tert-OH is 1. The smallest absolute Gasteiger partial charge is 0.304 e. The Hall–Kier alpha value is -2.08. The second-order valence-electron chi connectivity index (χ2n) is 9.77. The Kier molecular flexibility index (Phi) is 6.77. The van der Waals surface area contributed by atoms with Gasteiger partial charge in [0.15, 0.2) is 0 Å². The van der Waals surface area contributed by atoms with Crippen molar-refractivity contribution in [1.29, 1.82) is 0 Å². The van der Waals surface area contributed by atoms with Gasteiger partial charge in [0.2, 0.25) is 5.91 Å². The summed E-state index contributed by atoms with van der Waals surface area (Å²) in [5.41, 5.74) is 0.738. The summed E-state index contributed by atoms with van der Waals surface area (Å²) in [6.07, 6.45) is 1.21. The monoisotopic (exact) mass is 489 g/mol. The highest BCUT2D eigenvalue weighted by Crippen LogP contribution is 2.54. The molecular weight excluding hydrogens is 461 g/mol. The average Bonchev–Trinajstić information content (AvgIpc) is 3.56. The lowest BCUT2D eigenvalue weighted by Gasteiger charge is -2.52. The zero-order valence-electron chi connectivity index (χ0n) is 18.7. The number of carbonyl (C=O) groups excluding carboxylic acids is 1. The number of carboxylic acid groups (broad SMARTS) is 1. The number of amides is 1. The van der Waals surface area contributed by atoms with Gasteiger partial charge in [-0.25, -0.2) is 0 Å². The number of hydrogen-bond donors (Lipinski definition) is 2. The Balaban J connectivity index is 1.92.